The highest BCUT2D eigenvalue weighted by molar-refractivity contribution is 9.10. The van der Waals surface area contributed by atoms with Crippen LogP contribution in [0.5, 0.6) is 0 Å². The van der Waals surface area contributed by atoms with E-state index in [4.69, 9.17) is 0 Å². The second-order valence-corrected chi connectivity index (χ2v) is 4.01. The summed E-state index contributed by atoms with van der Waals surface area (Å²) in [4.78, 5) is 14.9. The maximum Gasteiger partial charge on any atom is 0.203 e. The van der Waals surface area contributed by atoms with Crippen molar-refractivity contribution >= 4 is 26.8 Å². The molecule has 0 saturated carbocycles. The maximum absolute atomic E-state index is 11.7. The molecule has 0 aliphatic heterocycles. The zero-order chi connectivity index (χ0) is 10.1. The standard InChI is InChI=1S/C11H10BrNO/c1-2-7-4-3-5-8-10(7)13-6-9(12)11(8)14/h3-6H,2H2,1H3,(H,13,14). The average molecular weight is 252 g/mol. The highest BCUT2D eigenvalue weighted by Crippen LogP contribution is 2.15. The van der Waals surface area contributed by atoms with E-state index in [9.17, 15) is 4.79 Å². The predicted molar refractivity (Wildman–Crippen MR) is 61.6 cm³/mol. The van der Waals surface area contributed by atoms with Crippen LogP contribution in [0.1, 0.15) is 12.5 Å². The Kier molecular flexibility index (Phi) is 2.42. The van der Waals surface area contributed by atoms with Crippen LogP contribution in [0.15, 0.2) is 33.7 Å². The topological polar surface area (TPSA) is 32.9 Å². The smallest absolute Gasteiger partial charge is 0.203 e. The molecule has 72 valence electrons. The Morgan fingerprint density at radius 3 is 2.93 bits per heavy atom. The Morgan fingerprint density at radius 1 is 1.43 bits per heavy atom. The van der Waals surface area contributed by atoms with Crippen molar-refractivity contribution < 1.29 is 0 Å². The Morgan fingerprint density at radius 2 is 2.21 bits per heavy atom. The number of para-hydroxylation sites is 1. The van der Waals surface area contributed by atoms with Crippen molar-refractivity contribution in [3.63, 3.8) is 0 Å². The van der Waals surface area contributed by atoms with Gasteiger partial charge in [0.1, 0.15) is 0 Å². The number of aromatic nitrogens is 1. The molecule has 0 bridgehead atoms. The lowest BCUT2D eigenvalue weighted by Crippen LogP contribution is -2.04. The summed E-state index contributed by atoms with van der Waals surface area (Å²) in [6, 6.07) is 5.80. The molecule has 0 radical (unpaired) electrons. The minimum Gasteiger partial charge on any atom is -0.360 e. The van der Waals surface area contributed by atoms with E-state index in [0.717, 1.165) is 17.3 Å². The molecule has 0 unspecified atom stereocenters. The van der Waals surface area contributed by atoms with Crippen LogP contribution in [-0.4, -0.2) is 4.98 Å². The fourth-order valence-corrected chi connectivity index (χ4v) is 1.91. The number of pyridine rings is 1. The molecule has 0 spiro atoms. The molecule has 2 aromatic rings. The molecule has 0 aliphatic rings. The molecular formula is C11H10BrNO. The molecule has 2 rings (SSSR count). The van der Waals surface area contributed by atoms with Crippen LogP contribution in [0.2, 0.25) is 0 Å². The molecule has 0 saturated heterocycles. The molecule has 0 fully saturated rings. The number of fused-ring (bicyclic) bond motifs is 1. The first-order valence-electron chi connectivity index (χ1n) is 4.53. The van der Waals surface area contributed by atoms with E-state index in [1.807, 2.05) is 18.2 Å². The van der Waals surface area contributed by atoms with Gasteiger partial charge in [-0.05, 0) is 34.0 Å². The number of benzene rings is 1. The second kappa shape index (κ2) is 3.58. The summed E-state index contributed by atoms with van der Waals surface area (Å²) >= 11 is 3.22. The Bertz CT molecular complexity index is 530. The molecule has 2 nitrogen and oxygen atoms in total. The average Bonchev–Trinajstić information content (AvgIpc) is 2.23. The summed E-state index contributed by atoms with van der Waals surface area (Å²) in [7, 11) is 0. The number of halogens is 1. The number of rotatable bonds is 1. The molecule has 0 atom stereocenters. The SMILES string of the molecule is CCc1cccc2c(=O)c(Br)c[nH]c12. The Hall–Kier alpha value is -1.09. The first kappa shape index (κ1) is 9.46. The lowest BCUT2D eigenvalue weighted by Gasteiger charge is -2.03. The molecule has 1 aromatic carbocycles. The van der Waals surface area contributed by atoms with Crippen LogP contribution < -0.4 is 5.43 Å². The van der Waals surface area contributed by atoms with Gasteiger partial charge in [-0.3, -0.25) is 4.79 Å². The van der Waals surface area contributed by atoms with Crippen LogP contribution >= 0.6 is 15.9 Å². The van der Waals surface area contributed by atoms with Crippen LogP contribution in [0.4, 0.5) is 0 Å². The zero-order valence-electron chi connectivity index (χ0n) is 7.80. The van der Waals surface area contributed by atoms with E-state index in [-0.39, 0.29) is 5.43 Å². The fourth-order valence-electron chi connectivity index (χ4n) is 1.58. The largest absolute Gasteiger partial charge is 0.360 e. The lowest BCUT2D eigenvalue weighted by molar-refractivity contribution is 1.14. The van der Waals surface area contributed by atoms with Crippen molar-refractivity contribution in [2.45, 2.75) is 13.3 Å². The first-order chi connectivity index (χ1) is 6.74. The van der Waals surface area contributed by atoms with Gasteiger partial charge in [-0.2, -0.15) is 0 Å². The van der Waals surface area contributed by atoms with Gasteiger partial charge in [0, 0.05) is 11.6 Å². The molecule has 1 N–H and O–H groups in total. The van der Waals surface area contributed by atoms with E-state index < -0.39 is 0 Å². The first-order valence-corrected chi connectivity index (χ1v) is 5.32. The number of aromatic amines is 1. The van der Waals surface area contributed by atoms with Crippen molar-refractivity contribution in [3.8, 4) is 0 Å². The molecule has 0 amide bonds. The summed E-state index contributed by atoms with van der Waals surface area (Å²) in [6.45, 7) is 2.08. The van der Waals surface area contributed by atoms with Gasteiger partial charge in [0.05, 0.1) is 9.99 Å². The number of nitrogens with one attached hydrogen (secondary N) is 1. The molecule has 0 aliphatic carbocycles. The highest BCUT2D eigenvalue weighted by atomic mass is 79.9. The van der Waals surface area contributed by atoms with Gasteiger partial charge in [0.2, 0.25) is 5.43 Å². The third kappa shape index (κ3) is 1.38. The van der Waals surface area contributed by atoms with Crippen molar-refractivity contribution in [1.82, 2.24) is 4.98 Å². The summed E-state index contributed by atoms with van der Waals surface area (Å²) in [5.74, 6) is 0. The molecular weight excluding hydrogens is 242 g/mol. The Labute approximate surface area is 90.1 Å². The second-order valence-electron chi connectivity index (χ2n) is 3.16. The van der Waals surface area contributed by atoms with Crippen molar-refractivity contribution in [2.24, 2.45) is 0 Å². The number of hydrogen-bond acceptors (Lipinski definition) is 1. The molecule has 3 heteroatoms. The highest BCUT2D eigenvalue weighted by Gasteiger charge is 2.04. The van der Waals surface area contributed by atoms with Gasteiger partial charge < -0.3 is 4.98 Å². The number of H-pyrrole nitrogens is 1. The zero-order valence-corrected chi connectivity index (χ0v) is 9.39. The van der Waals surface area contributed by atoms with Crippen LogP contribution in [0.25, 0.3) is 10.9 Å². The van der Waals surface area contributed by atoms with Gasteiger partial charge in [-0.25, -0.2) is 0 Å². The van der Waals surface area contributed by atoms with E-state index >= 15 is 0 Å². The lowest BCUT2D eigenvalue weighted by atomic mass is 10.1. The Balaban J connectivity index is 2.93. The van der Waals surface area contributed by atoms with Gasteiger partial charge in [0.25, 0.3) is 0 Å². The van der Waals surface area contributed by atoms with Crippen LogP contribution in [0.3, 0.4) is 0 Å². The van der Waals surface area contributed by atoms with Crippen molar-refractivity contribution in [3.05, 3.63) is 44.7 Å². The molecule has 1 aromatic heterocycles. The summed E-state index contributed by atoms with van der Waals surface area (Å²) in [5, 5.41) is 0.749. The van der Waals surface area contributed by atoms with E-state index in [1.54, 1.807) is 6.20 Å². The van der Waals surface area contributed by atoms with Crippen LogP contribution in [0, 0.1) is 0 Å². The number of hydrogen-bond donors (Lipinski definition) is 1. The quantitative estimate of drug-likeness (QED) is 0.831. The van der Waals surface area contributed by atoms with Crippen molar-refractivity contribution in [2.75, 3.05) is 0 Å². The van der Waals surface area contributed by atoms with Crippen LogP contribution in [-0.2, 0) is 6.42 Å². The summed E-state index contributed by atoms with van der Waals surface area (Å²) in [5.41, 5.74) is 2.17. The summed E-state index contributed by atoms with van der Waals surface area (Å²) < 4.78 is 0.582. The third-order valence-corrected chi connectivity index (χ3v) is 2.93. The minimum absolute atomic E-state index is 0.0500. The van der Waals surface area contributed by atoms with E-state index in [2.05, 4.69) is 27.8 Å². The molecule has 14 heavy (non-hydrogen) atoms. The van der Waals surface area contributed by atoms with E-state index in [0.29, 0.717) is 4.47 Å². The van der Waals surface area contributed by atoms with Gasteiger partial charge in [0.15, 0.2) is 0 Å². The normalized spacial score (nSPS) is 10.7. The minimum atomic E-state index is 0.0500. The van der Waals surface area contributed by atoms with Gasteiger partial charge in [-0.1, -0.05) is 19.1 Å². The monoisotopic (exact) mass is 251 g/mol. The van der Waals surface area contributed by atoms with E-state index in [1.165, 1.54) is 5.56 Å². The van der Waals surface area contributed by atoms with Gasteiger partial charge >= 0.3 is 0 Å². The number of aryl methyl sites for hydroxylation is 1. The molecule has 1 heterocycles. The summed E-state index contributed by atoms with van der Waals surface area (Å²) in [6.07, 6.45) is 2.62. The van der Waals surface area contributed by atoms with Gasteiger partial charge in [-0.15, -0.1) is 0 Å². The maximum atomic E-state index is 11.7. The third-order valence-electron chi connectivity index (χ3n) is 2.34. The van der Waals surface area contributed by atoms with Crippen molar-refractivity contribution in [1.29, 1.82) is 0 Å². The predicted octanol–water partition coefficient (Wildman–Crippen LogP) is 2.85. The fraction of sp³-hybridized carbons (Fsp3) is 0.182.